The maximum absolute atomic E-state index is 12.6. The van der Waals surface area contributed by atoms with Crippen LogP contribution in [0.4, 0.5) is 5.69 Å². The lowest BCUT2D eigenvalue weighted by Gasteiger charge is -2.12. The molecule has 5 nitrogen and oxygen atoms in total. The van der Waals surface area contributed by atoms with Crippen molar-refractivity contribution in [3.63, 3.8) is 0 Å². The van der Waals surface area contributed by atoms with Gasteiger partial charge in [-0.1, -0.05) is 12.1 Å². The zero-order valence-corrected chi connectivity index (χ0v) is 17.1. The molecule has 2 aromatic heterocycles. The van der Waals surface area contributed by atoms with E-state index < -0.39 is 0 Å². The maximum atomic E-state index is 12.6. The molecule has 6 heteroatoms. The van der Waals surface area contributed by atoms with E-state index in [1.165, 1.54) is 11.3 Å². The molecule has 0 spiro atoms. The van der Waals surface area contributed by atoms with Gasteiger partial charge in [0.15, 0.2) is 5.13 Å². The van der Waals surface area contributed by atoms with E-state index in [1.807, 2.05) is 44.0 Å². The monoisotopic (exact) mass is 382 g/mol. The van der Waals surface area contributed by atoms with E-state index in [2.05, 4.69) is 39.5 Å². The quantitative estimate of drug-likeness (QED) is 0.629. The van der Waals surface area contributed by atoms with Gasteiger partial charge in [0.1, 0.15) is 0 Å². The highest BCUT2D eigenvalue weighted by Crippen LogP contribution is 2.22. The summed E-state index contributed by atoms with van der Waals surface area (Å²) < 4.78 is 2.03. The van der Waals surface area contributed by atoms with Gasteiger partial charge in [0, 0.05) is 49.3 Å². The van der Waals surface area contributed by atoms with Crippen LogP contribution in [0.5, 0.6) is 0 Å². The van der Waals surface area contributed by atoms with Crippen LogP contribution in [-0.4, -0.2) is 36.1 Å². The summed E-state index contributed by atoms with van der Waals surface area (Å²) in [5, 5.41) is 5.89. The van der Waals surface area contributed by atoms with Crippen molar-refractivity contribution >= 4 is 22.9 Å². The molecule has 0 fully saturated rings. The lowest BCUT2D eigenvalue weighted by atomic mass is 10.1. The molecule has 1 amide bonds. The number of carbonyl (C=O) groups excluding carboxylic acids is 1. The van der Waals surface area contributed by atoms with Crippen molar-refractivity contribution in [3.05, 3.63) is 64.4 Å². The lowest BCUT2D eigenvalue weighted by molar-refractivity contribution is 0.0952. The molecule has 0 atom stereocenters. The SMILES string of the molecule is Cc1cc(C(=O)NCCCc2ccc(N(C)C)cc2)c(C)n1-c1nccs1. The highest BCUT2D eigenvalue weighted by Gasteiger charge is 2.17. The molecule has 0 saturated heterocycles. The van der Waals surface area contributed by atoms with Crippen molar-refractivity contribution in [3.8, 4) is 5.13 Å². The summed E-state index contributed by atoms with van der Waals surface area (Å²) in [7, 11) is 4.08. The van der Waals surface area contributed by atoms with Crippen LogP contribution < -0.4 is 10.2 Å². The average molecular weight is 383 g/mol. The van der Waals surface area contributed by atoms with Crippen molar-refractivity contribution in [2.75, 3.05) is 25.5 Å². The van der Waals surface area contributed by atoms with E-state index in [1.54, 1.807) is 17.5 Å². The molecular formula is C21H26N4OS. The van der Waals surface area contributed by atoms with Gasteiger partial charge in [-0.3, -0.25) is 9.36 Å². The first-order valence-electron chi connectivity index (χ1n) is 9.10. The van der Waals surface area contributed by atoms with Crippen molar-refractivity contribution < 1.29 is 4.79 Å². The van der Waals surface area contributed by atoms with Crippen LogP contribution in [0.2, 0.25) is 0 Å². The first-order valence-corrected chi connectivity index (χ1v) is 9.98. The molecule has 1 aromatic carbocycles. The number of aryl methyl sites for hydroxylation is 2. The van der Waals surface area contributed by atoms with E-state index >= 15 is 0 Å². The zero-order valence-electron chi connectivity index (χ0n) is 16.3. The minimum Gasteiger partial charge on any atom is -0.378 e. The predicted octanol–water partition coefficient (Wildman–Crippen LogP) is 3.98. The van der Waals surface area contributed by atoms with Crippen LogP contribution in [0.25, 0.3) is 5.13 Å². The summed E-state index contributed by atoms with van der Waals surface area (Å²) in [4.78, 5) is 19.0. The van der Waals surface area contributed by atoms with E-state index in [9.17, 15) is 4.79 Å². The van der Waals surface area contributed by atoms with Crippen molar-refractivity contribution in [1.29, 1.82) is 0 Å². The highest BCUT2D eigenvalue weighted by molar-refractivity contribution is 7.12. The van der Waals surface area contributed by atoms with Crippen LogP contribution in [-0.2, 0) is 6.42 Å². The third kappa shape index (κ3) is 4.39. The minimum absolute atomic E-state index is 0.0196. The Kier molecular flexibility index (Phi) is 5.96. The molecule has 1 N–H and O–H groups in total. The number of carbonyl (C=O) groups is 1. The molecule has 27 heavy (non-hydrogen) atoms. The van der Waals surface area contributed by atoms with Gasteiger partial charge in [0.2, 0.25) is 0 Å². The molecule has 3 rings (SSSR count). The van der Waals surface area contributed by atoms with Gasteiger partial charge in [-0.15, -0.1) is 11.3 Å². The van der Waals surface area contributed by atoms with Crippen molar-refractivity contribution in [2.45, 2.75) is 26.7 Å². The van der Waals surface area contributed by atoms with E-state index in [0.717, 1.165) is 34.9 Å². The number of nitrogens with one attached hydrogen (secondary N) is 1. The van der Waals surface area contributed by atoms with Gasteiger partial charge in [-0.05, 0) is 50.5 Å². The molecule has 0 bridgehead atoms. The molecule has 0 aliphatic heterocycles. The van der Waals surface area contributed by atoms with Crippen LogP contribution in [0.1, 0.15) is 33.7 Å². The van der Waals surface area contributed by atoms with Gasteiger partial charge >= 0.3 is 0 Å². The predicted molar refractivity (Wildman–Crippen MR) is 112 cm³/mol. The van der Waals surface area contributed by atoms with E-state index in [4.69, 9.17) is 0 Å². The Morgan fingerprint density at radius 2 is 1.96 bits per heavy atom. The molecule has 0 unspecified atom stereocenters. The summed E-state index contributed by atoms with van der Waals surface area (Å²) in [6.45, 7) is 4.63. The summed E-state index contributed by atoms with van der Waals surface area (Å²) in [5.41, 5.74) is 5.16. The summed E-state index contributed by atoms with van der Waals surface area (Å²) in [6.07, 6.45) is 3.65. The molecule has 0 aliphatic carbocycles. The molecule has 0 radical (unpaired) electrons. The fourth-order valence-electron chi connectivity index (χ4n) is 3.16. The number of nitrogens with zero attached hydrogens (tertiary/aromatic N) is 3. The standard InChI is InChI=1S/C21H26N4OS/c1-15-14-19(16(2)25(15)21-23-12-13-27-21)20(26)22-11-5-6-17-7-9-18(10-8-17)24(3)4/h7-10,12-14H,5-6,11H2,1-4H3,(H,22,26). The topological polar surface area (TPSA) is 50.2 Å². The number of amides is 1. The number of hydrogen-bond donors (Lipinski definition) is 1. The largest absolute Gasteiger partial charge is 0.378 e. The fraction of sp³-hybridized carbons (Fsp3) is 0.333. The first-order chi connectivity index (χ1) is 13.0. The lowest BCUT2D eigenvalue weighted by Crippen LogP contribution is -2.25. The zero-order chi connectivity index (χ0) is 19.4. The van der Waals surface area contributed by atoms with E-state index in [0.29, 0.717) is 6.54 Å². The number of rotatable bonds is 7. The summed E-state index contributed by atoms with van der Waals surface area (Å²) >= 11 is 1.57. The van der Waals surface area contributed by atoms with Crippen LogP contribution in [0.3, 0.4) is 0 Å². The number of aromatic nitrogens is 2. The van der Waals surface area contributed by atoms with Gasteiger partial charge in [-0.25, -0.2) is 4.98 Å². The first kappa shape index (κ1) is 19.2. The Balaban J connectivity index is 1.55. The Labute approximate surface area is 164 Å². The normalized spacial score (nSPS) is 10.8. The van der Waals surface area contributed by atoms with Gasteiger partial charge in [0.25, 0.3) is 5.91 Å². The summed E-state index contributed by atoms with van der Waals surface area (Å²) in [6, 6.07) is 10.5. The summed E-state index contributed by atoms with van der Waals surface area (Å²) in [5.74, 6) is -0.0196. The van der Waals surface area contributed by atoms with Crippen LogP contribution >= 0.6 is 11.3 Å². The van der Waals surface area contributed by atoms with Crippen molar-refractivity contribution in [1.82, 2.24) is 14.9 Å². The Bertz CT molecular complexity index is 895. The Morgan fingerprint density at radius 3 is 2.59 bits per heavy atom. The highest BCUT2D eigenvalue weighted by atomic mass is 32.1. The molecule has 2 heterocycles. The van der Waals surface area contributed by atoms with Gasteiger partial charge in [0.05, 0.1) is 5.56 Å². The Hall–Kier alpha value is -2.60. The number of hydrogen-bond acceptors (Lipinski definition) is 4. The molecule has 0 saturated carbocycles. The smallest absolute Gasteiger partial charge is 0.253 e. The van der Waals surface area contributed by atoms with Crippen LogP contribution in [0, 0.1) is 13.8 Å². The van der Waals surface area contributed by atoms with Crippen molar-refractivity contribution in [2.24, 2.45) is 0 Å². The fourth-order valence-corrected chi connectivity index (χ4v) is 3.92. The van der Waals surface area contributed by atoms with Crippen LogP contribution in [0.15, 0.2) is 41.9 Å². The van der Waals surface area contributed by atoms with Gasteiger partial charge in [-0.2, -0.15) is 0 Å². The second-order valence-electron chi connectivity index (χ2n) is 6.86. The third-order valence-corrected chi connectivity index (χ3v) is 5.42. The molecule has 3 aromatic rings. The molecule has 142 valence electrons. The molecule has 0 aliphatic rings. The number of benzene rings is 1. The van der Waals surface area contributed by atoms with Gasteiger partial charge < -0.3 is 10.2 Å². The molecular weight excluding hydrogens is 356 g/mol. The minimum atomic E-state index is -0.0196. The number of anilines is 1. The average Bonchev–Trinajstić information content (AvgIpc) is 3.26. The Morgan fingerprint density at radius 1 is 1.22 bits per heavy atom. The van der Waals surface area contributed by atoms with E-state index in [-0.39, 0.29) is 5.91 Å². The third-order valence-electron chi connectivity index (χ3n) is 4.67. The second kappa shape index (κ2) is 8.39. The maximum Gasteiger partial charge on any atom is 0.253 e. The second-order valence-corrected chi connectivity index (χ2v) is 7.73. The number of thiazole rings is 1.